The summed E-state index contributed by atoms with van der Waals surface area (Å²) in [6.07, 6.45) is 0. The Kier molecular flexibility index (Phi) is 9.25. The predicted octanol–water partition coefficient (Wildman–Crippen LogP) is -0.874. The van der Waals surface area contributed by atoms with Gasteiger partial charge in [-0.1, -0.05) is 13.8 Å². The SMILES string of the molecule is CCOc1cc(C)[c-]c(C)c1.[Br-].[Mg+2]. The van der Waals surface area contributed by atoms with E-state index in [1.807, 2.05) is 32.9 Å². The number of hydrogen-bond donors (Lipinski definition) is 0. The van der Waals surface area contributed by atoms with Crippen LogP contribution in [0.25, 0.3) is 0 Å². The van der Waals surface area contributed by atoms with Crippen molar-refractivity contribution in [3.8, 4) is 5.75 Å². The number of halogens is 1. The molecule has 0 heterocycles. The molecule has 0 bridgehead atoms. The van der Waals surface area contributed by atoms with Crippen LogP contribution in [0.1, 0.15) is 18.1 Å². The predicted molar refractivity (Wildman–Crippen MR) is 51.7 cm³/mol. The minimum Gasteiger partial charge on any atom is -1.00 e. The molecule has 0 saturated carbocycles. The zero-order valence-electron chi connectivity index (χ0n) is 8.36. The summed E-state index contributed by atoms with van der Waals surface area (Å²) < 4.78 is 5.35. The third-order valence-electron chi connectivity index (χ3n) is 1.42. The van der Waals surface area contributed by atoms with E-state index < -0.39 is 0 Å². The molecular formula is C10H13BrMgO. The Labute approximate surface area is 107 Å². The molecule has 0 aliphatic carbocycles. The molecule has 0 spiro atoms. The van der Waals surface area contributed by atoms with Crippen molar-refractivity contribution in [2.45, 2.75) is 20.8 Å². The number of rotatable bonds is 2. The Morgan fingerprint density at radius 2 is 1.69 bits per heavy atom. The van der Waals surface area contributed by atoms with Gasteiger partial charge in [-0.25, -0.2) is 0 Å². The van der Waals surface area contributed by atoms with E-state index in [0.29, 0.717) is 0 Å². The van der Waals surface area contributed by atoms with E-state index in [1.165, 1.54) is 0 Å². The molecule has 0 fully saturated rings. The second kappa shape index (κ2) is 7.65. The van der Waals surface area contributed by atoms with Crippen molar-refractivity contribution in [3.05, 3.63) is 29.3 Å². The zero-order chi connectivity index (χ0) is 8.27. The molecule has 0 saturated heterocycles. The molecule has 3 heteroatoms. The summed E-state index contributed by atoms with van der Waals surface area (Å²) in [4.78, 5) is 0. The fraction of sp³-hybridized carbons (Fsp3) is 0.400. The molecule has 1 aromatic rings. The monoisotopic (exact) mass is 252 g/mol. The molecule has 0 aliphatic rings. The summed E-state index contributed by atoms with van der Waals surface area (Å²) in [5.41, 5.74) is 2.27. The minimum atomic E-state index is 0. The maximum Gasteiger partial charge on any atom is 2.00 e. The normalized spacial score (nSPS) is 8.23. The van der Waals surface area contributed by atoms with Crippen molar-refractivity contribution >= 4 is 23.1 Å². The topological polar surface area (TPSA) is 9.23 Å². The molecule has 0 N–H and O–H groups in total. The van der Waals surface area contributed by atoms with Gasteiger partial charge < -0.3 is 21.7 Å². The molecule has 0 radical (unpaired) electrons. The van der Waals surface area contributed by atoms with Crippen LogP contribution in [0.5, 0.6) is 5.75 Å². The number of ether oxygens (including phenoxy) is 1. The van der Waals surface area contributed by atoms with E-state index in [2.05, 4.69) is 6.07 Å². The standard InChI is InChI=1S/C10H13O.BrH.Mg/c1-4-11-10-6-8(2)5-9(3)7-10;;/h6-7H,4H2,1-3H3;1H;/q-1;;+2/p-1. The molecule has 0 atom stereocenters. The summed E-state index contributed by atoms with van der Waals surface area (Å²) in [6.45, 7) is 6.76. The fourth-order valence-electron chi connectivity index (χ4n) is 1.10. The third-order valence-corrected chi connectivity index (χ3v) is 1.42. The van der Waals surface area contributed by atoms with Gasteiger partial charge in [0.2, 0.25) is 0 Å². The Morgan fingerprint density at radius 1 is 1.23 bits per heavy atom. The van der Waals surface area contributed by atoms with Crippen molar-refractivity contribution in [3.63, 3.8) is 0 Å². The van der Waals surface area contributed by atoms with E-state index >= 15 is 0 Å². The Morgan fingerprint density at radius 3 is 2.08 bits per heavy atom. The smallest absolute Gasteiger partial charge is 1.00 e. The number of benzene rings is 1. The number of hydrogen-bond acceptors (Lipinski definition) is 1. The summed E-state index contributed by atoms with van der Waals surface area (Å²) in [5, 5.41) is 0. The van der Waals surface area contributed by atoms with E-state index in [9.17, 15) is 0 Å². The van der Waals surface area contributed by atoms with Gasteiger partial charge in [0.15, 0.2) is 0 Å². The van der Waals surface area contributed by atoms with E-state index in [0.717, 1.165) is 23.5 Å². The van der Waals surface area contributed by atoms with Gasteiger partial charge in [0.25, 0.3) is 0 Å². The molecule has 0 unspecified atom stereocenters. The first-order valence-corrected chi connectivity index (χ1v) is 3.85. The van der Waals surface area contributed by atoms with Crippen LogP contribution in [-0.2, 0) is 0 Å². The molecule has 1 aromatic carbocycles. The summed E-state index contributed by atoms with van der Waals surface area (Å²) in [5.74, 6) is 0.946. The van der Waals surface area contributed by atoms with Crippen LogP contribution in [0.15, 0.2) is 12.1 Å². The van der Waals surface area contributed by atoms with Gasteiger partial charge in [0.05, 0.1) is 6.61 Å². The van der Waals surface area contributed by atoms with Crippen molar-refractivity contribution in [1.82, 2.24) is 0 Å². The van der Waals surface area contributed by atoms with Crippen molar-refractivity contribution < 1.29 is 21.7 Å². The van der Waals surface area contributed by atoms with Gasteiger partial charge >= 0.3 is 23.1 Å². The Balaban J connectivity index is 0. The molecular weight excluding hydrogens is 240 g/mol. The molecule has 1 nitrogen and oxygen atoms in total. The quantitative estimate of drug-likeness (QED) is 0.492. The van der Waals surface area contributed by atoms with Crippen LogP contribution in [0, 0.1) is 19.9 Å². The van der Waals surface area contributed by atoms with Gasteiger partial charge in [-0.05, 0) is 6.92 Å². The average molecular weight is 253 g/mol. The van der Waals surface area contributed by atoms with Crippen LogP contribution in [0.2, 0.25) is 0 Å². The van der Waals surface area contributed by atoms with E-state index in [-0.39, 0.29) is 40.0 Å². The van der Waals surface area contributed by atoms with E-state index in [1.54, 1.807) is 0 Å². The summed E-state index contributed by atoms with van der Waals surface area (Å²) >= 11 is 0. The molecule has 68 valence electrons. The van der Waals surface area contributed by atoms with Crippen LogP contribution in [-0.4, -0.2) is 29.7 Å². The molecule has 0 amide bonds. The van der Waals surface area contributed by atoms with Gasteiger partial charge in [-0.2, -0.15) is 17.2 Å². The van der Waals surface area contributed by atoms with Crippen molar-refractivity contribution in [2.75, 3.05) is 6.61 Å². The minimum absolute atomic E-state index is 0. The van der Waals surface area contributed by atoms with Crippen LogP contribution in [0.3, 0.4) is 0 Å². The van der Waals surface area contributed by atoms with Gasteiger partial charge in [-0.3, -0.25) is 0 Å². The van der Waals surface area contributed by atoms with Gasteiger partial charge in [0.1, 0.15) is 0 Å². The van der Waals surface area contributed by atoms with Crippen molar-refractivity contribution in [2.24, 2.45) is 0 Å². The fourth-order valence-corrected chi connectivity index (χ4v) is 1.10. The first-order chi connectivity index (χ1) is 5.22. The summed E-state index contributed by atoms with van der Waals surface area (Å²) in [6, 6.07) is 7.18. The first-order valence-electron chi connectivity index (χ1n) is 3.85. The molecule has 0 aromatic heterocycles. The molecule has 13 heavy (non-hydrogen) atoms. The van der Waals surface area contributed by atoms with Crippen molar-refractivity contribution in [1.29, 1.82) is 0 Å². The van der Waals surface area contributed by atoms with Gasteiger partial charge in [-0.15, -0.1) is 12.1 Å². The second-order valence-electron chi connectivity index (χ2n) is 2.62. The van der Waals surface area contributed by atoms with Crippen LogP contribution < -0.4 is 21.7 Å². The average Bonchev–Trinajstić information content (AvgIpc) is 1.85. The second-order valence-corrected chi connectivity index (χ2v) is 2.62. The maximum atomic E-state index is 5.35. The molecule has 1 rings (SSSR count). The zero-order valence-corrected chi connectivity index (χ0v) is 11.4. The molecule has 0 aliphatic heterocycles. The Bertz CT molecular complexity index is 230. The largest absolute Gasteiger partial charge is 2.00 e. The van der Waals surface area contributed by atoms with Crippen LogP contribution in [0.4, 0.5) is 0 Å². The maximum absolute atomic E-state index is 5.35. The van der Waals surface area contributed by atoms with Gasteiger partial charge in [0, 0.05) is 5.75 Å². The van der Waals surface area contributed by atoms with E-state index in [4.69, 9.17) is 4.74 Å². The van der Waals surface area contributed by atoms with Crippen LogP contribution >= 0.6 is 0 Å². The first kappa shape index (κ1) is 15.7. The number of aryl methyl sites for hydroxylation is 2. The third kappa shape index (κ3) is 5.55. The Hall–Kier alpha value is 0.266. The summed E-state index contributed by atoms with van der Waals surface area (Å²) in [7, 11) is 0.